The molecule has 1 amide bonds. The van der Waals surface area contributed by atoms with Crippen LogP contribution in [0.2, 0.25) is 5.02 Å². The quantitative estimate of drug-likeness (QED) is 0.454. The number of phenols is 1. The molecule has 0 heterocycles. The van der Waals surface area contributed by atoms with Gasteiger partial charge in [0.15, 0.2) is 6.61 Å². The summed E-state index contributed by atoms with van der Waals surface area (Å²) in [5.74, 6) is 0.325. The molecule has 0 saturated heterocycles. The fraction of sp³-hybridized carbons (Fsp3) is 0.480. The van der Waals surface area contributed by atoms with Crippen molar-refractivity contribution in [1.82, 2.24) is 0 Å². The third-order valence-electron chi connectivity index (χ3n) is 6.17. The molecule has 2 rings (SSSR count). The molecule has 0 aliphatic rings. The molecule has 0 aliphatic carbocycles. The second-order valence-corrected chi connectivity index (χ2v) is 9.55. The molecular formula is C25H34ClNO3. The number of ether oxygens (including phenoxy) is 1. The second-order valence-electron chi connectivity index (χ2n) is 9.14. The van der Waals surface area contributed by atoms with E-state index in [1.807, 2.05) is 6.07 Å². The first kappa shape index (κ1) is 24.1. The molecule has 0 radical (unpaired) electrons. The van der Waals surface area contributed by atoms with Crippen molar-refractivity contribution in [2.45, 2.75) is 72.1 Å². The Morgan fingerprint density at radius 1 is 1.07 bits per heavy atom. The molecule has 2 aromatic rings. The van der Waals surface area contributed by atoms with Crippen LogP contribution in [0.15, 0.2) is 30.3 Å². The zero-order valence-corrected chi connectivity index (χ0v) is 19.9. The van der Waals surface area contributed by atoms with E-state index in [2.05, 4.69) is 59.0 Å². The predicted octanol–water partition coefficient (Wildman–Crippen LogP) is 6.75. The van der Waals surface area contributed by atoms with E-state index in [0.717, 1.165) is 24.0 Å². The van der Waals surface area contributed by atoms with Gasteiger partial charge in [0, 0.05) is 10.6 Å². The number of hydrogen-bond acceptors (Lipinski definition) is 3. The third-order valence-corrected chi connectivity index (χ3v) is 6.57. The maximum Gasteiger partial charge on any atom is 0.262 e. The summed E-state index contributed by atoms with van der Waals surface area (Å²) >= 11 is 6.10. The molecule has 2 aromatic carbocycles. The Balaban J connectivity index is 2.23. The zero-order chi connectivity index (χ0) is 22.7. The third kappa shape index (κ3) is 5.48. The number of aromatic hydroxyl groups is 1. The van der Waals surface area contributed by atoms with Crippen molar-refractivity contribution in [2.24, 2.45) is 0 Å². The predicted molar refractivity (Wildman–Crippen MR) is 125 cm³/mol. The Hall–Kier alpha value is -2.20. The molecule has 0 aromatic heterocycles. The minimum absolute atomic E-state index is 0.0239. The number of carbonyl (C=O) groups is 1. The number of rotatable bonds is 8. The van der Waals surface area contributed by atoms with Crippen LogP contribution in [0.4, 0.5) is 5.69 Å². The number of phenolic OH excluding ortho intramolecular Hbond substituents is 1. The summed E-state index contributed by atoms with van der Waals surface area (Å²) < 4.78 is 5.93. The van der Waals surface area contributed by atoms with Gasteiger partial charge in [-0.05, 0) is 59.9 Å². The van der Waals surface area contributed by atoms with Gasteiger partial charge < -0.3 is 15.2 Å². The average molecular weight is 432 g/mol. The summed E-state index contributed by atoms with van der Waals surface area (Å²) in [6.45, 7) is 14.8. The first-order chi connectivity index (χ1) is 13.9. The number of hydrogen-bond donors (Lipinski definition) is 2. The maximum atomic E-state index is 12.4. The minimum atomic E-state index is -0.358. The van der Waals surface area contributed by atoms with E-state index < -0.39 is 0 Å². The van der Waals surface area contributed by atoms with E-state index in [1.165, 1.54) is 17.7 Å². The number of carbonyl (C=O) groups excluding carboxylic acids is 1. The molecule has 0 spiro atoms. The molecular weight excluding hydrogens is 398 g/mol. The van der Waals surface area contributed by atoms with E-state index in [-0.39, 0.29) is 34.8 Å². The largest absolute Gasteiger partial charge is 0.506 e. The molecule has 164 valence electrons. The van der Waals surface area contributed by atoms with Crippen molar-refractivity contribution < 1.29 is 14.6 Å². The minimum Gasteiger partial charge on any atom is -0.506 e. The number of benzene rings is 2. The smallest absolute Gasteiger partial charge is 0.262 e. The molecule has 0 unspecified atom stereocenters. The lowest BCUT2D eigenvalue weighted by Crippen LogP contribution is -2.24. The highest BCUT2D eigenvalue weighted by atomic mass is 35.5. The Morgan fingerprint density at radius 3 is 2.30 bits per heavy atom. The second kappa shape index (κ2) is 9.30. The fourth-order valence-corrected chi connectivity index (χ4v) is 3.26. The summed E-state index contributed by atoms with van der Waals surface area (Å²) in [5, 5.41) is 13.2. The molecule has 0 saturated carbocycles. The van der Waals surface area contributed by atoms with Crippen LogP contribution >= 0.6 is 11.6 Å². The zero-order valence-electron chi connectivity index (χ0n) is 19.1. The lowest BCUT2D eigenvalue weighted by molar-refractivity contribution is -0.118. The average Bonchev–Trinajstić information content (AvgIpc) is 2.70. The van der Waals surface area contributed by atoms with E-state index >= 15 is 0 Å². The molecule has 0 aliphatic heterocycles. The van der Waals surface area contributed by atoms with Gasteiger partial charge in [-0.1, -0.05) is 65.3 Å². The summed E-state index contributed by atoms with van der Waals surface area (Å²) in [5.41, 5.74) is 3.35. The first-order valence-corrected chi connectivity index (χ1v) is 10.9. The Kier molecular flexibility index (Phi) is 7.46. The van der Waals surface area contributed by atoms with E-state index in [4.69, 9.17) is 16.3 Å². The molecule has 0 atom stereocenters. The van der Waals surface area contributed by atoms with Crippen LogP contribution in [0, 0.1) is 6.92 Å². The monoisotopic (exact) mass is 431 g/mol. The van der Waals surface area contributed by atoms with Crippen LogP contribution in [-0.4, -0.2) is 17.6 Å². The van der Waals surface area contributed by atoms with Crippen LogP contribution in [-0.2, 0) is 15.6 Å². The van der Waals surface area contributed by atoms with E-state index in [0.29, 0.717) is 10.8 Å². The van der Waals surface area contributed by atoms with Gasteiger partial charge in [0.25, 0.3) is 5.91 Å². The Labute approximate surface area is 185 Å². The summed E-state index contributed by atoms with van der Waals surface area (Å²) in [7, 11) is 0. The van der Waals surface area contributed by atoms with Gasteiger partial charge in [-0.25, -0.2) is 0 Å². The van der Waals surface area contributed by atoms with Crippen molar-refractivity contribution in [2.75, 3.05) is 11.9 Å². The highest BCUT2D eigenvalue weighted by Crippen LogP contribution is 2.38. The van der Waals surface area contributed by atoms with Gasteiger partial charge in [0.05, 0.1) is 5.69 Å². The maximum absolute atomic E-state index is 12.4. The molecule has 5 heteroatoms. The van der Waals surface area contributed by atoms with Gasteiger partial charge in [-0.2, -0.15) is 0 Å². The van der Waals surface area contributed by atoms with Crippen molar-refractivity contribution in [3.63, 3.8) is 0 Å². The fourth-order valence-electron chi connectivity index (χ4n) is 3.10. The van der Waals surface area contributed by atoms with Crippen LogP contribution < -0.4 is 10.1 Å². The first-order valence-electron chi connectivity index (χ1n) is 10.5. The molecule has 0 fully saturated rings. The van der Waals surface area contributed by atoms with Crippen LogP contribution in [0.3, 0.4) is 0 Å². The van der Waals surface area contributed by atoms with Crippen LogP contribution in [0.5, 0.6) is 11.5 Å². The van der Waals surface area contributed by atoms with E-state index in [1.54, 1.807) is 6.92 Å². The number of nitrogens with one attached hydrogen (secondary N) is 1. The molecule has 2 N–H and O–H groups in total. The highest BCUT2D eigenvalue weighted by molar-refractivity contribution is 6.31. The van der Waals surface area contributed by atoms with Crippen molar-refractivity contribution in [3.05, 3.63) is 52.0 Å². The van der Waals surface area contributed by atoms with Gasteiger partial charge in [0.1, 0.15) is 11.5 Å². The number of halogens is 1. The normalized spacial score (nSPS) is 12.0. The topological polar surface area (TPSA) is 58.6 Å². The SMILES string of the molecule is CCC(C)(C)c1ccc(OCC(=O)Nc2cc(Cl)c(C)cc2O)c(C(C)(C)CC)c1. The van der Waals surface area contributed by atoms with E-state index in [9.17, 15) is 9.90 Å². The number of aryl methyl sites for hydroxylation is 1. The molecule has 30 heavy (non-hydrogen) atoms. The lowest BCUT2D eigenvalue weighted by atomic mass is 9.76. The van der Waals surface area contributed by atoms with Crippen LogP contribution in [0.25, 0.3) is 0 Å². The number of amides is 1. The van der Waals surface area contributed by atoms with Crippen molar-refractivity contribution in [1.29, 1.82) is 0 Å². The number of anilines is 1. The van der Waals surface area contributed by atoms with Gasteiger partial charge >= 0.3 is 0 Å². The van der Waals surface area contributed by atoms with Gasteiger partial charge in [0.2, 0.25) is 0 Å². The van der Waals surface area contributed by atoms with Gasteiger partial charge in [-0.15, -0.1) is 0 Å². The molecule has 4 nitrogen and oxygen atoms in total. The molecule has 0 bridgehead atoms. The van der Waals surface area contributed by atoms with Crippen LogP contribution in [0.1, 0.15) is 71.1 Å². The summed E-state index contributed by atoms with van der Waals surface area (Å²) in [4.78, 5) is 12.4. The van der Waals surface area contributed by atoms with Crippen molar-refractivity contribution in [3.8, 4) is 11.5 Å². The summed E-state index contributed by atoms with van der Waals surface area (Å²) in [6, 6.07) is 9.32. The summed E-state index contributed by atoms with van der Waals surface area (Å²) in [6.07, 6.45) is 1.98. The standard InChI is InChI=1S/C25H34ClNO3/c1-8-24(4,5)17-10-11-22(18(13-17)25(6,7)9-2)30-15-23(29)27-20-14-19(26)16(3)12-21(20)28/h10-14,28H,8-9,15H2,1-7H3,(H,27,29). The Morgan fingerprint density at radius 2 is 1.70 bits per heavy atom. The van der Waals surface area contributed by atoms with Gasteiger partial charge in [-0.3, -0.25) is 4.79 Å². The highest BCUT2D eigenvalue weighted by Gasteiger charge is 2.27. The van der Waals surface area contributed by atoms with Crippen molar-refractivity contribution >= 4 is 23.2 Å². The Bertz CT molecular complexity index is 919. The lowest BCUT2D eigenvalue weighted by Gasteiger charge is -2.30.